The molecule has 1 aliphatic rings. The van der Waals surface area contributed by atoms with E-state index in [1.807, 2.05) is 12.1 Å². The van der Waals surface area contributed by atoms with Gasteiger partial charge in [0.2, 0.25) is 0 Å². The molecule has 0 unspecified atom stereocenters. The fourth-order valence-corrected chi connectivity index (χ4v) is 2.44. The molecule has 0 saturated carbocycles. The van der Waals surface area contributed by atoms with E-state index < -0.39 is 0 Å². The van der Waals surface area contributed by atoms with Crippen LogP contribution in [0.1, 0.15) is 17.8 Å². The van der Waals surface area contributed by atoms with Crippen LogP contribution in [0.15, 0.2) is 30.6 Å². The fourth-order valence-electron chi connectivity index (χ4n) is 2.44. The van der Waals surface area contributed by atoms with Crippen molar-refractivity contribution >= 4 is 0 Å². The molecule has 0 N–H and O–H groups in total. The van der Waals surface area contributed by atoms with Gasteiger partial charge in [0.1, 0.15) is 17.9 Å². The maximum absolute atomic E-state index is 8.84. The van der Waals surface area contributed by atoms with Crippen LogP contribution >= 0.6 is 0 Å². The highest BCUT2D eigenvalue weighted by Gasteiger charge is 2.16. The van der Waals surface area contributed by atoms with Gasteiger partial charge in [0.05, 0.1) is 24.8 Å². The first-order valence-electron chi connectivity index (χ1n) is 7.07. The quantitative estimate of drug-likeness (QED) is 0.777. The summed E-state index contributed by atoms with van der Waals surface area (Å²) in [5.74, 6) is 1.79. The van der Waals surface area contributed by atoms with Crippen molar-refractivity contribution in [2.24, 2.45) is 0 Å². The molecule has 6 nitrogen and oxygen atoms in total. The lowest BCUT2D eigenvalue weighted by atomic mass is 10.2. The van der Waals surface area contributed by atoms with E-state index in [2.05, 4.69) is 25.7 Å². The summed E-state index contributed by atoms with van der Waals surface area (Å²) in [6.07, 6.45) is 2.74. The van der Waals surface area contributed by atoms with Crippen molar-refractivity contribution in [3.8, 4) is 11.8 Å². The van der Waals surface area contributed by atoms with Crippen molar-refractivity contribution in [2.45, 2.75) is 19.5 Å². The molecule has 3 rings (SSSR count). The normalized spacial score (nSPS) is 14.4. The third-order valence-electron chi connectivity index (χ3n) is 3.57. The molecule has 0 aliphatic carbocycles. The molecule has 1 aliphatic heterocycles. The molecule has 6 heteroatoms. The van der Waals surface area contributed by atoms with Crippen molar-refractivity contribution in [1.29, 1.82) is 5.26 Å². The lowest BCUT2D eigenvalue weighted by Crippen LogP contribution is -2.34. The zero-order valence-electron chi connectivity index (χ0n) is 11.8. The van der Waals surface area contributed by atoms with Crippen LogP contribution in [0, 0.1) is 11.3 Å². The van der Waals surface area contributed by atoms with E-state index in [4.69, 9.17) is 10.00 Å². The number of benzene rings is 1. The van der Waals surface area contributed by atoms with Crippen molar-refractivity contribution in [1.82, 2.24) is 19.7 Å². The van der Waals surface area contributed by atoms with Crippen molar-refractivity contribution in [3.63, 3.8) is 0 Å². The van der Waals surface area contributed by atoms with Gasteiger partial charge in [-0.3, -0.25) is 4.90 Å². The van der Waals surface area contributed by atoms with Crippen molar-refractivity contribution in [3.05, 3.63) is 42.0 Å². The van der Waals surface area contributed by atoms with Crippen LogP contribution in [-0.4, -0.2) is 39.4 Å². The van der Waals surface area contributed by atoms with E-state index in [0.717, 1.165) is 44.2 Å². The molecule has 0 bridgehead atoms. The predicted molar refractivity (Wildman–Crippen MR) is 76.6 cm³/mol. The highest BCUT2D eigenvalue weighted by molar-refractivity contribution is 5.36. The van der Waals surface area contributed by atoms with Crippen molar-refractivity contribution in [2.75, 3.05) is 19.7 Å². The third kappa shape index (κ3) is 3.38. The number of rotatable bonds is 5. The second-order valence-electron chi connectivity index (χ2n) is 5.06. The number of nitrogens with zero attached hydrogens (tertiary/aromatic N) is 5. The topological polar surface area (TPSA) is 67.0 Å². The SMILES string of the molecule is N#Cc1cccc(OCCCN2CCn3cnnc3C2)c1. The van der Waals surface area contributed by atoms with Crippen LogP contribution in [0.2, 0.25) is 0 Å². The van der Waals surface area contributed by atoms with E-state index in [0.29, 0.717) is 12.2 Å². The second kappa shape index (κ2) is 6.37. The molecule has 0 spiro atoms. The average molecular weight is 283 g/mol. The summed E-state index contributed by atoms with van der Waals surface area (Å²) in [6, 6.07) is 9.37. The minimum atomic E-state index is 0.628. The van der Waals surface area contributed by atoms with Gasteiger partial charge in [-0.25, -0.2) is 0 Å². The molecule has 0 atom stereocenters. The van der Waals surface area contributed by atoms with E-state index in [9.17, 15) is 0 Å². The largest absolute Gasteiger partial charge is 0.494 e. The van der Waals surface area contributed by atoms with Gasteiger partial charge >= 0.3 is 0 Å². The molecule has 0 fully saturated rings. The van der Waals surface area contributed by atoms with Gasteiger partial charge in [0.15, 0.2) is 0 Å². The Morgan fingerprint density at radius 3 is 3.19 bits per heavy atom. The van der Waals surface area contributed by atoms with Crippen LogP contribution in [0.25, 0.3) is 0 Å². The van der Waals surface area contributed by atoms with E-state index in [-0.39, 0.29) is 0 Å². The minimum Gasteiger partial charge on any atom is -0.494 e. The van der Waals surface area contributed by atoms with E-state index in [1.165, 1.54) is 0 Å². The molecule has 2 heterocycles. The number of fused-ring (bicyclic) bond motifs is 1. The average Bonchev–Trinajstić information content (AvgIpc) is 2.99. The Hall–Kier alpha value is -2.39. The van der Waals surface area contributed by atoms with Gasteiger partial charge in [0, 0.05) is 19.6 Å². The summed E-state index contributed by atoms with van der Waals surface area (Å²) in [4.78, 5) is 2.36. The van der Waals surface area contributed by atoms with Gasteiger partial charge in [-0.05, 0) is 24.6 Å². The second-order valence-corrected chi connectivity index (χ2v) is 5.06. The maximum atomic E-state index is 8.84. The molecule has 1 aromatic carbocycles. The fraction of sp³-hybridized carbons (Fsp3) is 0.400. The molecule has 2 aromatic rings. The maximum Gasteiger partial charge on any atom is 0.147 e. The highest BCUT2D eigenvalue weighted by Crippen LogP contribution is 2.13. The smallest absolute Gasteiger partial charge is 0.147 e. The first-order chi connectivity index (χ1) is 10.3. The Bertz CT molecular complexity index is 646. The van der Waals surface area contributed by atoms with Gasteiger partial charge in [0.25, 0.3) is 0 Å². The van der Waals surface area contributed by atoms with Crippen LogP contribution in [0.5, 0.6) is 5.75 Å². The summed E-state index contributed by atoms with van der Waals surface area (Å²) in [6.45, 7) is 4.45. The van der Waals surface area contributed by atoms with E-state index in [1.54, 1.807) is 18.5 Å². The molecule has 0 amide bonds. The molecule has 0 saturated heterocycles. The molecular formula is C15H17N5O. The Labute approximate surface area is 123 Å². The Balaban J connectivity index is 1.42. The highest BCUT2D eigenvalue weighted by atomic mass is 16.5. The Morgan fingerprint density at radius 1 is 1.33 bits per heavy atom. The first kappa shape index (κ1) is 13.6. The number of ether oxygens (including phenoxy) is 1. The van der Waals surface area contributed by atoms with Crippen LogP contribution in [0.3, 0.4) is 0 Å². The number of hydrogen-bond donors (Lipinski definition) is 0. The predicted octanol–water partition coefficient (Wildman–Crippen LogP) is 1.43. The van der Waals surface area contributed by atoms with Crippen LogP contribution < -0.4 is 4.74 Å². The minimum absolute atomic E-state index is 0.628. The lowest BCUT2D eigenvalue weighted by Gasteiger charge is -2.26. The van der Waals surface area contributed by atoms with Crippen LogP contribution in [-0.2, 0) is 13.1 Å². The standard InChI is InChI=1S/C15H17N5O/c16-10-13-3-1-4-14(9-13)21-8-2-5-19-6-7-20-12-17-18-15(20)11-19/h1,3-4,9,12H,2,5-8,11H2. The Morgan fingerprint density at radius 2 is 2.29 bits per heavy atom. The Kier molecular flexibility index (Phi) is 4.12. The number of nitriles is 1. The summed E-state index contributed by atoms with van der Waals surface area (Å²) in [7, 11) is 0. The van der Waals surface area contributed by atoms with Gasteiger partial charge in [-0.2, -0.15) is 5.26 Å². The summed E-state index contributed by atoms with van der Waals surface area (Å²) < 4.78 is 7.78. The third-order valence-corrected chi connectivity index (χ3v) is 3.57. The zero-order valence-corrected chi connectivity index (χ0v) is 11.8. The first-order valence-corrected chi connectivity index (χ1v) is 7.07. The van der Waals surface area contributed by atoms with Gasteiger partial charge in [-0.15, -0.1) is 10.2 Å². The van der Waals surface area contributed by atoms with Crippen LogP contribution in [0.4, 0.5) is 0 Å². The zero-order chi connectivity index (χ0) is 14.5. The van der Waals surface area contributed by atoms with Gasteiger partial charge in [-0.1, -0.05) is 6.07 Å². The monoisotopic (exact) mass is 283 g/mol. The molecular weight excluding hydrogens is 266 g/mol. The lowest BCUT2D eigenvalue weighted by molar-refractivity contribution is 0.195. The molecule has 0 radical (unpaired) electrons. The van der Waals surface area contributed by atoms with Gasteiger partial charge < -0.3 is 9.30 Å². The molecule has 108 valence electrons. The summed E-state index contributed by atoms with van der Waals surface area (Å²) >= 11 is 0. The number of hydrogen-bond acceptors (Lipinski definition) is 5. The summed E-state index contributed by atoms with van der Waals surface area (Å²) in [5.41, 5.74) is 0.628. The molecule has 21 heavy (non-hydrogen) atoms. The number of aromatic nitrogens is 3. The summed E-state index contributed by atoms with van der Waals surface area (Å²) in [5, 5.41) is 16.9. The molecule has 1 aromatic heterocycles. The van der Waals surface area contributed by atoms with E-state index >= 15 is 0 Å². The van der Waals surface area contributed by atoms with Crippen molar-refractivity contribution < 1.29 is 4.74 Å².